The van der Waals surface area contributed by atoms with Gasteiger partial charge in [0.2, 0.25) is 0 Å². The Morgan fingerprint density at radius 2 is 1.55 bits per heavy atom. The van der Waals surface area contributed by atoms with E-state index >= 15 is 0 Å². The van der Waals surface area contributed by atoms with Crippen LogP contribution in [0.3, 0.4) is 0 Å². The van der Waals surface area contributed by atoms with Crippen molar-refractivity contribution in [3.8, 4) is 0 Å². The van der Waals surface area contributed by atoms with Crippen LogP contribution in [0, 0.1) is 0 Å². The van der Waals surface area contributed by atoms with Crippen molar-refractivity contribution in [1.82, 2.24) is 10.6 Å². The number of urea groups is 1. The summed E-state index contributed by atoms with van der Waals surface area (Å²) in [5.41, 5.74) is -5.04. The van der Waals surface area contributed by atoms with E-state index in [-0.39, 0.29) is 0 Å². The van der Waals surface area contributed by atoms with Gasteiger partial charge in [-0.05, 0) is 0 Å². The number of hydrogen-bond acceptors (Lipinski definition) is 3. The van der Waals surface area contributed by atoms with Gasteiger partial charge in [-0.3, -0.25) is 10.1 Å². The molecule has 1 fully saturated rings. The maximum Gasteiger partial charge on any atom is 0.455 e. The van der Waals surface area contributed by atoms with Crippen LogP contribution >= 0.6 is 0 Å². The van der Waals surface area contributed by atoms with Crippen molar-refractivity contribution in [2.75, 3.05) is 6.61 Å². The van der Waals surface area contributed by atoms with Crippen LogP contribution in [0.1, 0.15) is 0 Å². The van der Waals surface area contributed by atoms with E-state index in [2.05, 4.69) is 4.74 Å². The van der Waals surface area contributed by atoms with Gasteiger partial charge in [-0.1, -0.05) is 0 Å². The van der Waals surface area contributed by atoms with E-state index in [0.29, 0.717) is 0 Å². The van der Waals surface area contributed by atoms with Gasteiger partial charge in [0, 0.05) is 0 Å². The highest BCUT2D eigenvalue weighted by Crippen LogP contribution is 2.41. The van der Waals surface area contributed by atoms with Crippen LogP contribution in [-0.2, 0) is 9.53 Å². The first kappa shape index (κ1) is 18.3. The summed E-state index contributed by atoms with van der Waals surface area (Å²) in [4.78, 5) is 21.7. The zero-order valence-corrected chi connectivity index (χ0v) is 9.91. The Kier molecular flexibility index (Phi) is 4.31. The molecule has 3 amide bonds. The molecule has 1 saturated heterocycles. The lowest BCUT2D eigenvalue weighted by molar-refractivity contribution is -0.313. The molecule has 1 heterocycles. The molecule has 0 aromatic heterocycles. The third-order valence-corrected chi connectivity index (χ3v) is 2.44. The van der Waals surface area contributed by atoms with E-state index < -0.39 is 48.7 Å². The second-order valence-electron chi connectivity index (χ2n) is 4.03. The average Bonchev–Trinajstić information content (AvgIpc) is 2.28. The quantitative estimate of drug-likeness (QED) is 0.762. The Hall–Kier alpha value is -1.73. The minimum atomic E-state index is -6.19. The number of amides is 3. The second kappa shape index (κ2) is 5.17. The van der Waals surface area contributed by atoms with E-state index in [0.717, 1.165) is 10.6 Å². The van der Waals surface area contributed by atoms with E-state index in [1.54, 1.807) is 0 Å². The minimum Gasteiger partial charge on any atom is -0.347 e. The molecule has 0 aromatic rings. The maximum atomic E-state index is 13.8. The van der Waals surface area contributed by atoms with E-state index in [9.17, 15) is 49.1 Å². The number of carbonyl (C=O) groups excluding carboxylic acids is 2. The van der Waals surface area contributed by atoms with Crippen molar-refractivity contribution in [3.63, 3.8) is 0 Å². The zero-order chi connectivity index (χ0) is 17.6. The maximum absolute atomic E-state index is 13.8. The van der Waals surface area contributed by atoms with Gasteiger partial charge < -0.3 is 10.1 Å². The lowest BCUT2D eigenvalue weighted by Gasteiger charge is -2.37. The number of ether oxygens (including phenoxy) is 1. The Labute approximate surface area is 114 Å². The lowest BCUT2D eigenvalue weighted by Crippen LogP contribution is -2.73. The highest BCUT2D eigenvalue weighted by atomic mass is 19.4. The molecule has 128 valence electrons. The number of carbonyl (C=O) groups is 2. The molecule has 2 N–H and O–H groups in total. The molecule has 1 aliphatic rings. The highest BCUT2D eigenvalue weighted by molar-refractivity contribution is 6.02. The molecule has 0 radical (unpaired) electrons. The summed E-state index contributed by atoms with van der Waals surface area (Å²) in [6, 6.07) is -1.76. The summed E-state index contributed by atoms with van der Waals surface area (Å²) in [6.45, 7) is -2.74. The first-order chi connectivity index (χ1) is 9.63. The summed E-state index contributed by atoms with van der Waals surface area (Å²) in [5, 5.41) is 1.84. The van der Waals surface area contributed by atoms with Crippen LogP contribution in [0.5, 0.6) is 0 Å². The van der Waals surface area contributed by atoms with Crippen LogP contribution in [0.25, 0.3) is 0 Å². The van der Waals surface area contributed by atoms with Gasteiger partial charge in [0.1, 0.15) is 6.61 Å². The van der Waals surface area contributed by atoms with Crippen molar-refractivity contribution in [2.45, 2.75) is 30.2 Å². The topological polar surface area (TPSA) is 67.4 Å². The van der Waals surface area contributed by atoms with Gasteiger partial charge in [0.15, 0.2) is 6.23 Å². The summed E-state index contributed by atoms with van der Waals surface area (Å²) >= 11 is 0. The number of imide groups is 1. The lowest BCUT2D eigenvalue weighted by atomic mass is 10.0. The van der Waals surface area contributed by atoms with Crippen molar-refractivity contribution in [1.29, 1.82) is 0 Å². The van der Waals surface area contributed by atoms with E-state index in [1.165, 1.54) is 0 Å². The zero-order valence-electron chi connectivity index (χ0n) is 9.91. The van der Waals surface area contributed by atoms with Crippen LogP contribution in [0.2, 0.25) is 0 Å². The van der Waals surface area contributed by atoms with Crippen LogP contribution in [0.15, 0.2) is 0 Å². The summed E-state index contributed by atoms with van der Waals surface area (Å²) in [7, 11) is 0. The van der Waals surface area contributed by atoms with Gasteiger partial charge in [-0.25, -0.2) is 9.18 Å². The summed E-state index contributed by atoms with van der Waals surface area (Å²) in [5.74, 6) is -8.23. The normalized spacial score (nSPS) is 27.4. The molecule has 0 bridgehead atoms. The largest absolute Gasteiger partial charge is 0.455 e. The molecule has 14 heteroatoms. The molecule has 1 rings (SSSR count). The molecule has 5 nitrogen and oxygen atoms in total. The van der Waals surface area contributed by atoms with E-state index in [1.807, 2.05) is 0 Å². The van der Waals surface area contributed by atoms with Gasteiger partial charge in [0.05, 0.1) is 0 Å². The molecular formula is C8H5F9N2O3. The minimum absolute atomic E-state index is 0.860. The fourth-order valence-electron chi connectivity index (χ4n) is 1.27. The van der Waals surface area contributed by atoms with Crippen molar-refractivity contribution < 1.29 is 53.8 Å². The average molecular weight is 348 g/mol. The van der Waals surface area contributed by atoms with E-state index in [4.69, 9.17) is 0 Å². The second-order valence-corrected chi connectivity index (χ2v) is 4.03. The molecule has 0 spiro atoms. The Balaban J connectivity index is 3.03. The predicted molar refractivity (Wildman–Crippen MR) is 47.3 cm³/mol. The SMILES string of the molecule is O=C1NC(=O)[C@](F)(C(F)(F)F)[C@H](OCC(F)(F)C(F)(F)F)N1. The summed E-state index contributed by atoms with van der Waals surface area (Å²) < 4.78 is 116. The molecule has 0 aliphatic carbocycles. The van der Waals surface area contributed by atoms with Crippen LogP contribution in [0.4, 0.5) is 44.3 Å². The number of alkyl halides is 9. The number of nitrogens with one attached hydrogen (secondary N) is 2. The van der Waals surface area contributed by atoms with Gasteiger partial charge >= 0.3 is 30.0 Å². The molecular weight excluding hydrogens is 343 g/mol. The Morgan fingerprint density at radius 1 is 1.05 bits per heavy atom. The van der Waals surface area contributed by atoms with Crippen molar-refractivity contribution in [2.24, 2.45) is 0 Å². The standard InChI is InChI=1S/C8H5F9N2O3/c9-5(10,7(12,13)14)1-22-3-6(11,8(15,16)17)2(20)18-4(21)19-3/h3H,1H2,(H2,18,19,20,21)/t3-,6+/m0/s1. The number of hydrogen-bond donors (Lipinski definition) is 2. The number of halogens is 9. The Morgan fingerprint density at radius 3 is 1.95 bits per heavy atom. The molecule has 0 aromatic carbocycles. The third kappa shape index (κ3) is 3.05. The molecule has 22 heavy (non-hydrogen) atoms. The molecule has 0 unspecified atom stereocenters. The molecule has 2 atom stereocenters. The Bertz CT molecular complexity index is 474. The fourth-order valence-corrected chi connectivity index (χ4v) is 1.27. The van der Waals surface area contributed by atoms with Gasteiger partial charge in [-0.2, -0.15) is 35.1 Å². The first-order valence-electron chi connectivity index (χ1n) is 5.06. The molecule has 0 saturated carbocycles. The van der Waals surface area contributed by atoms with Gasteiger partial charge in [0.25, 0.3) is 5.91 Å². The fraction of sp³-hybridized carbons (Fsp3) is 0.750. The smallest absolute Gasteiger partial charge is 0.347 e. The van der Waals surface area contributed by atoms with Crippen LogP contribution < -0.4 is 10.6 Å². The van der Waals surface area contributed by atoms with Crippen molar-refractivity contribution in [3.05, 3.63) is 0 Å². The highest BCUT2D eigenvalue weighted by Gasteiger charge is 2.70. The molecule has 1 aliphatic heterocycles. The predicted octanol–water partition coefficient (Wildman–Crippen LogP) is 1.64. The third-order valence-electron chi connectivity index (χ3n) is 2.44. The first-order valence-corrected chi connectivity index (χ1v) is 5.06. The summed E-state index contributed by atoms with van der Waals surface area (Å²) in [6.07, 6.45) is -15.7. The van der Waals surface area contributed by atoms with Crippen molar-refractivity contribution >= 4 is 11.9 Å². The van der Waals surface area contributed by atoms with Crippen LogP contribution in [-0.4, -0.2) is 48.7 Å². The monoisotopic (exact) mass is 348 g/mol. The number of rotatable bonds is 3. The van der Waals surface area contributed by atoms with Gasteiger partial charge in [-0.15, -0.1) is 0 Å².